The van der Waals surface area contributed by atoms with Gasteiger partial charge in [0.15, 0.2) is 0 Å². The maximum Gasteiger partial charge on any atom is 0.0689 e. The van der Waals surface area contributed by atoms with Crippen LogP contribution in [0.2, 0.25) is 0 Å². The number of nitrogens with zero attached hydrogens (tertiary/aromatic N) is 1. The van der Waals surface area contributed by atoms with Crippen LogP contribution in [-0.4, -0.2) is 11.7 Å². The van der Waals surface area contributed by atoms with E-state index >= 15 is 0 Å². The summed E-state index contributed by atoms with van der Waals surface area (Å²) >= 11 is 0. The van der Waals surface area contributed by atoms with Crippen molar-refractivity contribution >= 4 is 0 Å². The van der Waals surface area contributed by atoms with Gasteiger partial charge >= 0.3 is 0 Å². The predicted octanol–water partition coefficient (Wildman–Crippen LogP) is 2.97. The van der Waals surface area contributed by atoms with Crippen molar-refractivity contribution in [1.82, 2.24) is 0 Å². The van der Waals surface area contributed by atoms with Crippen LogP contribution in [0.1, 0.15) is 48.0 Å². The summed E-state index contributed by atoms with van der Waals surface area (Å²) in [4.78, 5) is 0. The Balaban J connectivity index is 5.05. The Kier molecular flexibility index (Phi) is 3.75. The maximum atomic E-state index is 9.15. The summed E-state index contributed by atoms with van der Waals surface area (Å²) in [6.45, 7) is 12.5. The average molecular weight is 197 g/mol. The normalized spacial score (nSPS) is 13.9. The van der Waals surface area contributed by atoms with Crippen molar-refractivity contribution in [3.8, 4) is 6.07 Å². The standard InChI is InChI=1S/C12H23NO/c1-10(2,7-8-14)12(5,6)11(3,4)9-13/h14H,7-8H2,1-6H3. The molecule has 0 aromatic rings. The van der Waals surface area contributed by atoms with Gasteiger partial charge in [-0.1, -0.05) is 27.7 Å². The second kappa shape index (κ2) is 3.90. The zero-order chi connectivity index (χ0) is 11.6. The van der Waals surface area contributed by atoms with Gasteiger partial charge in [0.05, 0.1) is 11.5 Å². The molecule has 0 aliphatic heterocycles. The summed E-state index contributed by atoms with van der Waals surface area (Å²) < 4.78 is 0. The third-order valence-corrected chi connectivity index (χ3v) is 4.27. The lowest BCUT2D eigenvalue weighted by atomic mass is 9.54. The van der Waals surface area contributed by atoms with Gasteiger partial charge in [0, 0.05) is 6.61 Å². The van der Waals surface area contributed by atoms with Crippen molar-refractivity contribution in [2.24, 2.45) is 16.2 Å². The van der Waals surface area contributed by atoms with Gasteiger partial charge in [-0.25, -0.2) is 0 Å². The molecule has 0 bridgehead atoms. The molecule has 0 aliphatic rings. The third kappa shape index (κ3) is 2.09. The van der Waals surface area contributed by atoms with Crippen molar-refractivity contribution in [2.45, 2.75) is 48.0 Å². The van der Waals surface area contributed by atoms with E-state index < -0.39 is 0 Å². The fraction of sp³-hybridized carbons (Fsp3) is 0.917. The smallest absolute Gasteiger partial charge is 0.0689 e. The average Bonchev–Trinajstić information content (AvgIpc) is 2.03. The van der Waals surface area contributed by atoms with Gasteiger partial charge in [-0.2, -0.15) is 5.26 Å². The number of hydrogen-bond donors (Lipinski definition) is 1. The van der Waals surface area contributed by atoms with Crippen LogP contribution in [0.5, 0.6) is 0 Å². The minimum Gasteiger partial charge on any atom is -0.396 e. The van der Waals surface area contributed by atoms with Crippen LogP contribution in [-0.2, 0) is 0 Å². The molecule has 0 unspecified atom stereocenters. The Morgan fingerprint density at radius 2 is 1.50 bits per heavy atom. The molecular weight excluding hydrogens is 174 g/mol. The second-order valence-electron chi connectivity index (χ2n) is 5.72. The highest BCUT2D eigenvalue weighted by Crippen LogP contribution is 2.52. The molecule has 0 radical (unpaired) electrons. The molecule has 2 nitrogen and oxygen atoms in total. The van der Waals surface area contributed by atoms with Crippen LogP contribution >= 0.6 is 0 Å². The Bertz CT molecular complexity index is 233. The fourth-order valence-electron chi connectivity index (χ4n) is 1.58. The quantitative estimate of drug-likeness (QED) is 0.753. The molecule has 1 N–H and O–H groups in total. The van der Waals surface area contributed by atoms with E-state index in [2.05, 4.69) is 33.8 Å². The Morgan fingerprint density at radius 1 is 1.07 bits per heavy atom. The van der Waals surface area contributed by atoms with E-state index in [1.54, 1.807) is 0 Å². The number of nitriles is 1. The first-order chi connectivity index (χ1) is 6.12. The van der Waals surface area contributed by atoms with Crippen molar-refractivity contribution in [1.29, 1.82) is 5.26 Å². The van der Waals surface area contributed by atoms with Gasteiger partial charge in [-0.15, -0.1) is 0 Å². The van der Waals surface area contributed by atoms with Gasteiger partial charge in [0.2, 0.25) is 0 Å². The van der Waals surface area contributed by atoms with Gasteiger partial charge in [0.25, 0.3) is 0 Å². The molecule has 0 saturated carbocycles. The van der Waals surface area contributed by atoms with Crippen LogP contribution < -0.4 is 0 Å². The lowest BCUT2D eigenvalue weighted by molar-refractivity contribution is -0.00214. The minimum atomic E-state index is -0.383. The van der Waals surface area contributed by atoms with Crippen molar-refractivity contribution in [3.63, 3.8) is 0 Å². The maximum absolute atomic E-state index is 9.15. The lowest BCUT2D eigenvalue weighted by Gasteiger charge is -2.48. The monoisotopic (exact) mass is 197 g/mol. The van der Waals surface area contributed by atoms with Gasteiger partial charge in [0.1, 0.15) is 0 Å². The minimum absolute atomic E-state index is 0.0407. The summed E-state index contributed by atoms with van der Waals surface area (Å²) in [5.41, 5.74) is -0.551. The van der Waals surface area contributed by atoms with Gasteiger partial charge < -0.3 is 5.11 Å². The van der Waals surface area contributed by atoms with Crippen LogP contribution in [0, 0.1) is 27.6 Å². The summed E-state index contributed by atoms with van der Waals surface area (Å²) in [7, 11) is 0. The molecule has 0 aromatic heterocycles. The van der Waals surface area contributed by atoms with Crippen LogP contribution in [0.4, 0.5) is 0 Å². The van der Waals surface area contributed by atoms with E-state index in [0.717, 1.165) is 6.42 Å². The van der Waals surface area contributed by atoms with E-state index in [9.17, 15) is 0 Å². The molecule has 0 spiro atoms. The molecule has 0 aromatic carbocycles. The molecule has 0 rings (SSSR count). The first-order valence-corrected chi connectivity index (χ1v) is 5.14. The van der Waals surface area contributed by atoms with Crippen LogP contribution in [0.25, 0.3) is 0 Å². The van der Waals surface area contributed by atoms with Gasteiger partial charge in [-0.05, 0) is 31.1 Å². The summed E-state index contributed by atoms with van der Waals surface area (Å²) in [5.74, 6) is 0. The second-order valence-corrected chi connectivity index (χ2v) is 5.72. The van der Waals surface area contributed by atoms with Crippen molar-refractivity contribution in [3.05, 3.63) is 0 Å². The van der Waals surface area contributed by atoms with E-state index in [1.165, 1.54) is 0 Å². The number of aliphatic hydroxyl groups excluding tert-OH is 1. The van der Waals surface area contributed by atoms with Crippen molar-refractivity contribution < 1.29 is 5.11 Å². The number of aliphatic hydroxyl groups is 1. The third-order valence-electron chi connectivity index (χ3n) is 4.27. The highest BCUT2D eigenvalue weighted by Gasteiger charge is 2.47. The molecule has 0 amide bonds. The van der Waals surface area contributed by atoms with E-state index in [0.29, 0.717) is 0 Å². The molecule has 2 heteroatoms. The summed E-state index contributed by atoms with van der Waals surface area (Å²) in [5, 5.41) is 18.2. The molecule has 0 saturated heterocycles. The molecule has 0 atom stereocenters. The van der Waals surface area contributed by atoms with E-state index in [1.807, 2.05) is 13.8 Å². The fourth-order valence-corrected chi connectivity index (χ4v) is 1.58. The zero-order valence-corrected chi connectivity index (χ0v) is 10.3. The number of hydrogen-bond acceptors (Lipinski definition) is 2. The highest BCUT2D eigenvalue weighted by atomic mass is 16.3. The molecule has 82 valence electrons. The van der Waals surface area contributed by atoms with Crippen LogP contribution in [0.15, 0.2) is 0 Å². The van der Waals surface area contributed by atoms with Crippen LogP contribution in [0.3, 0.4) is 0 Å². The Morgan fingerprint density at radius 3 is 1.79 bits per heavy atom. The highest BCUT2D eigenvalue weighted by molar-refractivity contribution is 5.06. The van der Waals surface area contributed by atoms with Crippen molar-refractivity contribution in [2.75, 3.05) is 6.61 Å². The zero-order valence-electron chi connectivity index (χ0n) is 10.3. The lowest BCUT2D eigenvalue weighted by Crippen LogP contribution is -2.44. The Hall–Kier alpha value is -0.550. The topological polar surface area (TPSA) is 44.0 Å². The summed E-state index contributed by atoms with van der Waals surface area (Å²) in [6, 6.07) is 2.36. The Labute approximate surface area is 87.9 Å². The molecule has 0 aliphatic carbocycles. The molecule has 0 fully saturated rings. The van der Waals surface area contributed by atoms with E-state index in [4.69, 9.17) is 10.4 Å². The largest absolute Gasteiger partial charge is 0.396 e. The first kappa shape index (κ1) is 13.4. The predicted molar refractivity (Wildman–Crippen MR) is 58.7 cm³/mol. The molecule has 14 heavy (non-hydrogen) atoms. The van der Waals surface area contributed by atoms with E-state index in [-0.39, 0.29) is 22.9 Å². The molecule has 0 heterocycles. The molecular formula is C12H23NO. The number of rotatable bonds is 4. The summed E-state index contributed by atoms with van der Waals surface area (Å²) in [6.07, 6.45) is 0.727. The SMILES string of the molecule is CC(C)(C#N)C(C)(C)C(C)(C)CCO. The first-order valence-electron chi connectivity index (χ1n) is 5.14. The van der Waals surface area contributed by atoms with Gasteiger partial charge in [-0.3, -0.25) is 0 Å².